The highest BCUT2D eigenvalue weighted by atomic mass is 16.2. The van der Waals surface area contributed by atoms with Gasteiger partial charge in [0.05, 0.1) is 0 Å². The van der Waals surface area contributed by atoms with E-state index in [1.54, 1.807) is 14.0 Å². The normalized spacial score (nSPS) is 9.00. The number of likely N-dealkylation sites (N-methyl/N-ethyl adjacent to an activating group) is 1. The fraction of sp³-hybridized carbons (Fsp3) is 0.286. The second-order valence-electron chi connectivity index (χ2n) is 3.80. The van der Waals surface area contributed by atoms with Crippen LogP contribution in [0.2, 0.25) is 0 Å². The predicted molar refractivity (Wildman–Crippen MR) is 69.4 cm³/mol. The Bertz CT molecular complexity index is 472. The summed E-state index contributed by atoms with van der Waals surface area (Å²) in [6.45, 7) is 2.06. The molecule has 0 unspecified atom stereocenters. The molecule has 0 fully saturated rings. The molecule has 4 nitrogen and oxygen atoms in total. The van der Waals surface area contributed by atoms with Gasteiger partial charge in [-0.25, -0.2) is 0 Å². The number of benzene rings is 1. The van der Waals surface area contributed by atoms with Crippen LogP contribution in [0.4, 0.5) is 0 Å². The molecular formula is C14H16N2O2. The fourth-order valence-electron chi connectivity index (χ4n) is 1.34. The molecule has 0 spiro atoms. The van der Waals surface area contributed by atoms with Crippen molar-refractivity contribution >= 4 is 11.8 Å². The van der Waals surface area contributed by atoms with Gasteiger partial charge in [-0.2, -0.15) is 0 Å². The molecule has 2 amide bonds. The third-order valence-corrected chi connectivity index (χ3v) is 2.29. The van der Waals surface area contributed by atoms with Gasteiger partial charge in [0.2, 0.25) is 5.91 Å². The second-order valence-corrected chi connectivity index (χ2v) is 3.80. The summed E-state index contributed by atoms with van der Waals surface area (Å²) in [5, 5.41) is 2.75. The first-order chi connectivity index (χ1) is 8.63. The van der Waals surface area contributed by atoms with Crippen LogP contribution >= 0.6 is 0 Å². The number of hydrogen-bond acceptors (Lipinski definition) is 2. The maximum absolute atomic E-state index is 11.6. The molecule has 0 radical (unpaired) electrons. The summed E-state index contributed by atoms with van der Waals surface area (Å²) >= 11 is 0. The van der Waals surface area contributed by atoms with Gasteiger partial charge >= 0.3 is 0 Å². The van der Waals surface area contributed by atoms with Crippen LogP contribution < -0.4 is 5.32 Å². The van der Waals surface area contributed by atoms with E-state index in [9.17, 15) is 9.59 Å². The number of amides is 2. The number of rotatable bonds is 4. The number of carbonyl (C=O) groups excluding carboxylic acids is 2. The van der Waals surface area contributed by atoms with E-state index in [1.807, 2.05) is 30.3 Å². The average molecular weight is 244 g/mol. The van der Waals surface area contributed by atoms with Gasteiger partial charge in [0.25, 0.3) is 5.91 Å². The minimum Gasteiger partial charge on any atom is -0.350 e. The molecule has 0 aliphatic rings. The molecule has 1 aromatic rings. The van der Waals surface area contributed by atoms with Gasteiger partial charge in [-0.3, -0.25) is 9.59 Å². The van der Waals surface area contributed by atoms with Crippen LogP contribution in [-0.4, -0.2) is 30.3 Å². The molecule has 1 rings (SSSR count). The van der Waals surface area contributed by atoms with Gasteiger partial charge in [-0.1, -0.05) is 36.3 Å². The van der Waals surface area contributed by atoms with Gasteiger partial charge in [-0.05, 0) is 18.4 Å². The van der Waals surface area contributed by atoms with E-state index in [1.165, 1.54) is 4.90 Å². The molecule has 0 saturated carbocycles. The molecule has 18 heavy (non-hydrogen) atoms. The summed E-state index contributed by atoms with van der Waals surface area (Å²) in [7, 11) is 1.55. The molecule has 0 aliphatic heterocycles. The number of nitrogens with zero attached hydrogens (tertiary/aromatic N) is 1. The number of nitrogens with one attached hydrogen (secondary N) is 1. The zero-order chi connectivity index (χ0) is 13.4. The van der Waals surface area contributed by atoms with Crippen LogP contribution in [0.1, 0.15) is 12.5 Å². The second kappa shape index (κ2) is 7.13. The van der Waals surface area contributed by atoms with Crippen molar-refractivity contribution in [2.45, 2.75) is 13.5 Å². The van der Waals surface area contributed by atoms with Gasteiger partial charge in [-0.15, -0.1) is 0 Å². The zero-order valence-electron chi connectivity index (χ0n) is 10.6. The Morgan fingerprint density at radius 3 is 2.56 bits per heavy atom. The van der Waals surface area contributed by atoms with Crippen LogP contribution in [0, 0.1) is 11.8 Å². The maximum atomic E-state index is 11.6. The van der Waals surface area contributed by atoms with E-state index in [4.69, 9.17) is 0 Å². The molecule has 0 saturated heterocycles. The molecule has 94 valence electrons. The van der Waals surface area contributed by atoms with Crippen molar-refractivity contribution in [2.75, 3.05) is 13.6 Å². The minimum atomic E-state index is -0.354. The lowest BCUT2D eigenvalue weighted by Gasteiger charge is -2.13. The third kappa shape index (κ3) is 4.71. The molecule has 0 atom stereocenters. The molecule has 1 N–H and O–H groups in total. The first-order valence-electron chi connectivity index (χ1n) is 5.62. The third-order valence-electron chi connectivity index (χ3n) is 2.29. The number of hydrogen-bond donors (Lipinski definition) is 1. The van der Waals surface area contributed by atoms with Crippen LogP contribution in [0.25, 0.3) is 0 Å². The fourth-order valence-corrected chi connectivity index (χ4v) is 1.34. The Hall–Kier alpha value is -2.28. The maximum Gasteiger partial charge on any atom is 0.298 e. The Labute approximate surface area is 107 Å². The summed E-state index contributed by atoms with van der Waals surface area (Å²) < 4.78 is 0. The highest BCUT2D eigenvalue weighted by Crippen LogP contribution is 1.97. The zero-order valence-corrected chi connectivity index (χ0v) is 10.6. The first-order valence-corrected chi connectivity index (χ1v) is 5.62. The Morgan fingerprint density at radius 1 is 1.28 bits per heavy atom. The van der Waals surface area contributed by atoms with E-state index in [2.05, 4.69) is 17.2 Å². The standard InChI is InChI=1S/C14H16N2O2/c1-3-7-14(18)16(2)11-13(17)15-10-12-8-5-4-6-9-12/h4-6,8-9H,10-11H2,1-2H3,(H,15,17). The quantitative estimate of drug-likeness (QED) is 0.796. The topological polar surface area (TPSA) is 49.4 Å². The summed E-state index contributed by atoms with van der Waals surface area (Å²) in [4.78, 5) is 24.2. The van der Waals surface area contributed by atoms with E-state index >= 15 is 0 Å². The first kappa shape index (κ1) is 13.8. The highest BCUT2D eigenvalue weighted by Gasteiger charge is 2.10. The smallest absolute Gasteiger partial charge is 0.298 e. The van der Waals surface area contributed by atoms with Gasteiger partial charge in [0.15, 0.2) is 0 Å². The predicted octanol–water partition coefficient (Wildman–Crippen LogP) is 0.784. The summed E-state index contributed by atoms with van der Waals surface area (Å²) in [5.74, 6) is 4.33. The van der Waals surface area contributed by atoms with E-state index in [0.717, 1.165) is 5.56 Å². The molecule has 0 aromatic heterocycles. The van der Waals surface area contributed by atoms with Crippen molar-refractivity contribution in [3.05, 3.63) is 35.9 Å². The van der Waals surface area contributed by atoms with Crippen LogP contribution in [0.5, 0.6) is 0 Å². The van der Waals surface area contributed by atoms with Crippen molar-refractivity contribution in [3.63, 3.8) is 0 Å². The van der Waals surface area contributed by atoms with Gasteiger partial charge < -0.3 is 10.2 Å². The molecular weight excluding hydrogens is 228 g/mol. The van der Waals surface area contributed by atoms with E-state index in [0.29, 0.717) is 6.54 Å². The van der Waals surface area contributed by atoms with Crippen LogP contribution in [0.3, 0.4) is 0 Å². The van der Waals surface area contributed by atoms with E-state index < -0.39 is 0 Å². The molecule has 0 bridgehead atoms. The van der Waals surface area contributed by atoms with Crippen molar-refractivity contribution < 1.29 is 9.59 Å². The SMILES string of the molecule is CC#CC(=O)N(C)CC(=O)NCc1ccccc1. The van der Waals surface area contributed by atoms with Crippen molar-refractivity contribution in [3.8, 4) is 11.8 Å². The Morgan fingerprint density at radius 2 is 1.94 bits per heavy atom. The lowest BCUT2D eigenvalue weighted by Crippen LogP contribution is -2.37. The summed E-state index contributed by atoms with van der Waals surface area (Å²) in [6, 6.07) is 9.60. The van der Waals surface area contributed by atoms with Crippen molar-refractivity contribution in [1.82, 2.24) is 10.2 Å². The van der Waals surface area contributed by atoms with Crippen LogP contribution in [0.15, 0.2) is 30.3 Å². The Kier molecular flexibility index (Phi) is 5.46. The lowest BCUT2D eigenvalue weighted by atomic mass is 10.2. The largest absolute Gasteiger partial charge is 0.350 e. The summed E-state index contributed by atoms with van der Waals surface area (Å²) in [6.07, 6.45) is 0. The van der Waals surface area contributed by atoms with Crippen molar-refractivity contribution in [2.24, 2.45) is 0 Å². The molecule has 0 aliphatic carbocycles. The van der Waals surface area contributed by atoms with Crippen molar-refractivity contribution in [1.29, 1.82) is 0 Å². The van der Waals surface area contributed by atoms with Gasteiger partial charge in [0.1, 0.15) is 6.54 Å². The lowest BCUT2D eigenvalue weighted by molar-refractivity contribution is -0.130. The molecule has 1 aromatic carbocycles. The van der Waals surface area contributed by atoms with Crippen LogP contribution in [-0.2, 0) is 16.1 Å². The Balaban J connectivity index is 2.37. The highest BCUT2D eigenvalue weighted by molar-refractivity contribution is 5.95. The van der Waals surface area contributed by atoms with Gasteiger partial charge in [0, 0.05) is 13.6 Å². The average Bonchev–Trinajstić information content (AvgIpc) is 2.38. The summed E-state index contributed by atoms with van der Waals surface area (Å²) in [5.41, 5.74) is 1.02. The number of carbonyl (C=O) groups is 2. The van der Waals surface area contributed by atoms with E-state index in [-0.39, 0.29) is 18.4 Å². The molecule has 4 heteroatoms. The molecule has 0 heterocycles. The minimum absolute atomic E-state index is 0.0142. The monoisotopic (exact) mass is 244 g/mol.